The van der Waals surface area contributed by atoms with Crippen molar-refractivity contribution in [2.24, 2.45) is 0 Å². The monoisotopic (exact) mass is 315 g/mol. The van der Waals surface area contributed by atoms with Gasteiger partial charge in [-0.3, -0.25) is 0 Å². The molecule has 7 heteroatoms. The summed E-state index contributed by atoms with van der Waals surface area (Å²) in [5, 5.41) is 3.31. The zero-order valence-electron chi connectivity index (χ0n) is 12.1. The summed E-state index contributed by atoms with van der Waals surface area (Å²) in [5.74, 6) is 0.725. The molecule has 1 N–H and O–H groups in total. The lowest BCUT2D eigenvalue weighted by Gasteiger charge is -2.40. The zero-order valence-corrected chi connectivity index (χ0v) is 13.7. The third-order valence-electron chi connectivity index (χ3n) is 3.80. The summed E-state index contributed by atoms with van der Waals surface area (Å²) in [5.41, 5.74) is 0. The zero-order chi connectivity index (χ0) is 14.8. The molecule has 5 nitrogen and oxygen atoms in total. The van der Waals surface area contributed by atoms with Gasteiger partial charge in [0.05, 0.1) is 0 Å². The number of nitrogens with one attached hydrogen (secondary N) is 1. The van der Waals surface area contributed by atoms with Gasteiger partial charge in [-0.2, -0.15) is 11.8 Å². The highest BCUT2D eigenvalue weighted by molar-refractivity contribution is 8.00. The number of aromatic nitrogens is 1. The molecule has 2 rings (SSSR count). The average Bonchev–Trinajstić information content (AvgIpc) is 2.38. The van der Waals surface area contributed by atoms with Crippen molar-refractivity contribution in [3.63, 3.8) is 0 Å². The fourth-order valence-electron chi connectivity index (χ4n) is 2.12. The smallest absolute Gasteiger partial charge is 0.244 e. The van der Waals surface area contributed by atoms with E-state index in [4.69, 9.17) is 0 Å². The van der Waals surface area contributed by atoms with Crippen LogP contribution in [0.5, 0.6) is 0 Å². The van der Waals surface area contributed by atoms with Crippen LogP contribution < -0.4 is 5.32 Å². The standard InChI is InChI=1S/C13H21N3O2S2/c1-16(2)20(17,18)11-5-6-12(14-9-11)15-10-13(19-3)7-4-8-13/h5-6,9H,4,7-8,10H2,1-3H3,(H,14,15). The lowest BCUT2D eigenvalue weighted by atomic mass is 9.84. The molecular formula is C13H21N3O2S2. The summed E-state index contributed by atoms with van der Waals surface area (Å²) in [7, 11) is -0.368. The number of nitrogens with zero attached hydrogens (tertiary/aromatic N) is 2. The van der Waals surface area contributed by atoms with Gasteiger partial charge < -0.3 is 5.32 Å². The van der Waals surface area contributed by atoms with Crippen LogP contribution in [-0.2, 0) is 10.0 Å². The minimum Gasteiger partial charge on any atom is -0.369 e. The molecule has 0 aromatic carbocycles. The van der Waals surface area contributed by atoms with Crippen LogP contribution >= 0.6 is 11.8 Å². The van der Waals surface area contributed by atoms with Crippen LogP contribution in [0.1, 0.15) is 19.3 Å². The third-order valence-corrected chi connectivity index (χ3v) is 7.02. The Morgan fingerprint density at radius 1 is 1.40 bits per heavy atom. The van der Waals surface area contributed by atoms with Gasteiger partial charge in [-0.15, -0.1) is 0 Å². The Kier molecular flexibility index (Phi) is 4.61. The van der Waals surface area contributed by atoms with E-state index in [1.54, 1.807) is 12.1 Å². The Bertz CT molecular complexity index is 546. The van der Waals surface area contributed by atoms with Crippen molar-refractivity contribution in [1.29, 1.82) is 0 Å². The van der Waals surface area contributed by atoms with E-state index in [1.165, 1.54) is 43.9 Å². The molecule has 1 aliphatic carbocycles. The maximum Gasteiger partial charge on any atom is 0.244 e. The topological polar surface area (TPSA) is 62.3 Å². The molecule has 0 amide bonds. The lowest BCUT2D eigenvalue weighted by Crippen LogP contribution is -2.40. The van der Waals surface area contributed by atoms with Crippen LogP contribution in [0.15, 0.2) is 23.2 Å². The van der Waals surface area contributed by atoms with Crippen molar-refractivity contribution in [1.82, 2.24) is 9.29 Å². The molecule has 0 spiro atoms. The first-order valence-electron chi connectivity index (χ1n) is 6.57. The first-order valence-corrected chi connectivity index (χ1v) is 9.24. The van der Waals surface area contributed by atoms with E-state index >= 15 is 0 Å². The molecule has 0 bridgehead atoms. The minimum absolute atomic E-state index is 0.219. The van der Waals surface area contributed by atoms with Crippen LogP contribution in [0.25, 0.3) is 0 Å². The highest BCUT2D eigenvalue weighted by atomic mass is 32.2. The largest absolute Gasteiger partial charge is 0.369 e. The summed E-state index contributed by atoms with van der Waals surface area (Å²) in [6.45, 7) is 0.876. The van der Waals surface area contributed by atoms with Gasteiger partial charge in [0.2, 0.25) is 10.0 Å². The maximum absolute atomic E-state index is 11.9. The quantitative estimate of drug-likeness (QED) is 0.870. The van der Waals surface area contributed by atoms with E-state index in [0.717, 1.165) is 12.4 Å². The first-order chi connectivity index (χ1) is 9.39. The van der Waals surface area contributed by atoms with E-state index < -0.39 is 10.0 Å². The number of thioether (sulfide) groups is 1. The molecule has 1 heterocycles. The van der Waals surface area contributed by atoms with Crippen molar-refractivity contribution in [3.05, 3.63) is 18.3 Å². The predicted molar refractivity (Wildman–Crippen MR) is 83.7 cm³/mol. The molecule has 0 unspecified atom stereocenters. The maximum atomic E-state index is 11.9. The summed E-state index contributed by atoms with van der Waals surface area (Å²) in [4.78, 5) is 4.42. The number of sulfonamides is 1. The van der Waals surface area contributed by atoms with Gasteiger partial charge in [0.25, 0.3) is 0 Å². The molecule has 0 saturated heterocycles. The van der Waals surface area contributed by atoms with Crippen molar-refractivity contribution in [3.8, 4) is 0 Å². The number of pyridine rings is 1. The molecule has 1 fully saturated rings. The molecule has 1 saturated carbocycles. The molecular weight excluding hydrogens is 294 g/mol. The molecule has 0 radical (unpaired) electrons. The normalized spacial score (nSPS) is 17.8. The van der Waals surface area contributed by atoms with E-state index in [2.05, 4.69) is 16.6 Å². The fourth-order valence-corrected chi connectivity index (χ4v) is 3.89. The Labute approximate surface area is 125 Å². The molecule has 1 aromatic rings. The van der Waals surface area contributed by atoms with Crippen LogP contribution in [0.3, 0.4) is 0 Å². The third kappa shape index (κ3) is 3.10. The first kappa shape index (κ1) is 15.6. The average molecular weight is 315 g/mol. The summed E-state index contributed by atoms with van der Waals surface area (Å²) in [6, 6.07) is 3.32. The molecule has 20 heavy (non-hydrogen) atoms. The predicted octanol–water partition coefficient (Wildman–Crippen LogP) is 2.03. The number of hydrogen-bond donors (Lipinski definition) is 1. The van der Waals surface area contributed by atoms with Crippen LogP contribution in [0.4, 0.5) is 5.82 Å². The second-order valence-electron chi connectivity index (χ2n) is 5.26. The fraction of sp³-hybridized carbons (Fsp3) is 0.615. The lowest BCUT2D eigenvalue weighted by molar-refractivity contribution is 0.379. The molecule has 112 valence electrons. The Morgan fingerprint density at radius 2 is 2.10 bits per heavy atom. The van der Waals surface area contributed by atoms with Gasteiger partial charge >= 0.3 is 0 Å². The van der Waals surface area contributed by atoms with Crippen molar-refractivity contribution in [2.45, 2.75) is 28.9 Å². The van der Waals surface area contributed by atoms with E-state index in [0.29, 0.717) is 4.75 Å². The minimum atomic E-state index is -3.40. The van der Waals surface area contributed by atoms with Crippen LogP contribution in [-0.4, -0.2) is 49.3 Å². The van der Waals surface area contributed by atoms with Crippen molar-refractivity contribution >= 4 is 27.6 Å². The molecule has 1 aromatic heterocycles. The number of anilines is 1. The van der Waals surface area contributed by atoms with Crippen molar-refractivity contribution < 1.29 is 8.42 Å². The number of rotatable bonds is 6. The second kappa shape index (κ2) is 5.91. The van der Waals surface area contributed by atoms with E-state index in [-0.39, 0.29) is 4.90 Å². The van der Waals surface area contributed by atoms with Gasteiger partial charge in [0.15, 0.2) is 0 Å². The SMILES string of the molecule is CSC1(CNc2ccc(S(=O)(=O)N(C)C)cn2)CCC1. The van der Waals surface area contributed by atoms with E-state index in [1.807, 2.05) is 11.8 Å². The van der Waals surface area contributed by atoms with Gasteiger partial charge in [0.1, 0.15) is 10.7 Å². The molecule has 0 aliphatic heterocycles. The molecule has 1 aliphatic rings. The summed E-state index contributed by atoms with van der Waals surface area (Å²) in [6.07, 6.45) is 7.30. The van der Waals surface area contributed by atoms with Gasteiger partial charge in [-0.25, -0.2) is 17.7 Å². The van der Waals surface area contributed by atoms with Crippen LogP contribution in [0, 0.1) is 0 Å². The second-order valence-corrected chi connectivity index (χ2v) is 8.69. The number of hydrogen-bond acceptors (Lipinski definition) is 5. The Hall–Kier alpha value is -0.790. The summed E-state index contributed by atoms with van der Waals surface area (Å²) < 4.78 is 25.4. The molecule has 0 atom stereocenters. The summed E-state index contributed by atoms with van der Waals surface area (Å²) >= 11 is 1.90. The van der Waals surface area contributed by atoms with E-state index in [9.17, 15) is 8.42 Å². The Balaban J connectivity index is 2.02. The highest BCUT2D eigenvalue weighted by Crippen LogP contribution is 2.42. The highest BCUT2D eigenvalue weighted by Gasteiger charge is 2.35. The van der Waals surface area contributed by atoms with Gasteiger partial charge in [0, 0.05) is 31.6 Å². The van der Waals surface area contributed by atoms with Gasteiger partial charge in [-0.1, -0.05) is 6.42 Å². The van der Waals surface area contributed by atoms with Crippen LogP contribution in [0.2, 0.25) is 0 Å². The van der Waals surface area contributed by atoms with Crippen molar-refractivity contribution in [2.75, 3.05) is 32.2 Å². The van der Waals surface area contributed by atoms with Gasteiger partial charge in [-0.05, 0) is 31.2 Å². The Morgan fingerprint density at radius 3 is 2.50 bits per heavy atom.